The average Bonchev–Trinajstić information content (AvgIpc) is 3.01. The third-order valence-corrected chi connectivity index (χ3v) is 3.78. The summed E-state index contributed by atoms with van der Waals surface area (Å²) < 4.78 is 10.1. The fourth-order valence-corrected chi connectivity index (χ4v) is 2.66. The van der Waals surface area contributed by atoms with Crippen LogP contribution in [0.25, 0.3) is 0 Å². The van der Waals surface area contributed by atoms with Gasteiger partial charge in [-0.25, -0.2) is 0 Å². The Morgan fingerprint density at radius 2 is 2.33 bits per heavy atom. The number of rotatable bonds is 5. The fraction of sp³-hybridized carbons (Fsp3) is 0.600. The zero-order valence-electron chi connectivity index (χ0n) is 12.5. The predicted octanol–water partition coefficient (Wildman–Crippen LogP) is 1.48. The van der Waals surface area contributed by atoms with Crippen molar-refractivity contribution in [2.45, 2.75) is 38.3 Å². The van der Waals surface area contributed by atoms with Gasteiger partial charge in [0, 0.05) is 0 Å². The summed E-state index contributed by atoms with van der Waals surface area (Å²) in [7, 11) is 1.38. The van der Waals surface area contributed by atoms with Gasteiger partial charge in [0.1, 0.15) is 11.8 Å². The predicted molar refractivity (Wildman–Crippen MR) is 76.5 cm³/mol. The molecule has 1 amide bonds. The number of esters is 1. The Hall–Kier alpha value is -1.82. The Labute approximate surface area is 124 Å². The molecular weight excluding hydrogens is 272 g/mol. The van der Waals surface area contributed by atoms with Gasteiger partial charge in [0.2, 0.25) is 5.91 Å². The van der Waals surface area contributed by atoms with Gasteiger partial charge < -0.3 is 14.5 Å². The van der Waals surface area contributed by atoms with Crippen molar-refractivity contribution >= 4 is 11.9 Å². The molecule has 6 nitrogen and oxygen atoms in total. The second-order valence-corrected chi connectivity index (χ2v) is 5.31. The van der Waals surface area contributed by atoms with Crippen LogP contribution in [0.2, 0.25) is 0 Å². The monoisotopic (exact) mass is 294 g/mol. The van der Waals surface area contributed by atoms with E-state index >= 15 is 0 Å². The van der Waals surface area contributed by atoms with E-state index in [1.165, 1.54) is 7.11 Å². The zero-order valence-corrected chi connectivity index (χ0v) is 12.5. The van der Waals surface area contributed by atoms with Crippen LogP contribution in [0.15, 0.2) is 22.8 Å². The lowest BCUT2D eigenvalue weighted by molar-refractivity contribution is -0.148. The fourth-order valence-electron chi connectivity index (χ4n) is 2.66. The minimum absolute atomic E-state index is 0.116. The van der Waals surface area contributed by atoms with Gasteiger partial charge in [0.15, 0.2) is 0 Å². The molecule has 0 spiro atoms. The number of carbonyl (C=O) groups is 2. The first-order chi connectivity index (χ1) is 10.1. The van der Waals surface area contributed by atoms with E-state index in [9.17, 15) is 9.59 Å². The lowest BCUT2D eigenvalue weighted by Crippen LogP contribution is -2.49. The number of piperidine rings is 1. The number of amides is 1. The number of carbonyl (C=O) groups excluding carboxylic acids is 2. The Balaban J connectivity index is 1.89. The number of hydrogen-bond acceptors (Lipinski definition) is 5. The van der Waals surface area contributed by atoms with Gasteiger partial charge >= 0.3 is 5.97 Å². The van der Waals surface area contributed by atoms with Crippen LogP contribution in [0.3, 0.4) is 0 Å². The first kappa shape index (κ1) is 15.6. The lowest BCUT2D eigenvalue weighted by atomic mass is 10.0. The SMILES string of the molecule is COC(=O)C1CCCCN1CC(=O)NC(C)c1ccco1. The quantitative estimate of drug-likeness (QED) is 0.833. The van der Waals surface area contributed by atoms with Gasteiger partial charge in [-0.1, -0.05) is 6.42 Å². The van der Waals surface area contributed by atoms with Crippen molar-refractivity contribution in [1.82, 2.24) is 10.2 Å². The summed E-state index contributed by atoms with van der Waals surface area (Å²) in [6.45, 7) is 2.80. The maximum absolute atomic E-state index is 12.1. The molecule has 1 aromatic heterocycles. The lowest BCUT2D eigenvalue weighted by Gasteiger charge is -2.33. The molecule has 2 atom stereocenters. The molecule has 2 unspecified atom stereocenters. The second-order valence-electron chi connectivity index (χ2n) is 5.31. The molecule has 0 radical (unpaired) electrons. The van der Waals surface area contributed by atoms with Crippen molar-refractivity contribution in [3.05, 3.63) is 24.2 Å². The van der Waals surface area contributed by atoms with Crippen LogP contribution in [0, 0.1) is 0 Å². The van der Waals surface area contributed by atoms with E-state index < -0.39 is 0 Å². The van der Waals surface area contributed by atoms with Crippen molar-refractivity contribution in [2.24, 2.45) is 0 Å². The molecule has 1 fully saturated rings. The van der Waals surface area contributed by atoms with E-state index in [0.717, 1.165) is 25.8 Å². The molecule has 1 saturated heterocycles. The van der Waals surface area contributed by atoms with Gasteiger partial charge in [-0.3, -0.25) is 14.5 Å². The van der Waals surface area contributed by atoms with Crippen molar-refractivity contribution < 1.29 is 18.7 Å². The summed E-state index contributed by atoms with van der Waals surface area (Å²) in [4.78, 5) is 25.8. The van der Waals surface area contributed by atoms with Crippen molar-refractivity contribution in [1.29, 1.82) is 0 Å². The van der Waals surface area contributed by atoms with Crippen molar-refractivity contribution in [2.75, 3.05) is 20.2 Å². The summed E-state index contributed by atoms with van der Waals surface area (Å²) in [5, 5.41) is 2.88. The summed E-state index contributed by atoms with van der Waals surface area (Å²) in [6, 6.07) is 3.11. The first-order valence-electron chi connectivity index (χ1n) is 7.26. The molecule has 116 valence electrons. The average molecular weight is 294 g/mol. The van der Waals surface area contributed by atoms with Gasteiger partial charge in [-0.2, -0.15) is 0 Å². The van der Waals surface area contributed by atoms with Crippen molar-refractivity contribution in [3.63, 3.8) is 0 Å². The van der Waals surface area contributed by atoms with E-state index in [2.05, 4.69) is 5.32 Å². The largest absolute Gasteiger partial charge is 0.468 e. The third kappa shape index (κ3) is 4.07. The highest BCUT2D eigenvalue weighted by molar-refractivity contribution is 5.80. The summed E-state index contributed by atoms with van der Waals surface area (Å²) in [6.07, 6.45) is 4.30. The van der Waals surface area contributed by atoms with E-state index in [1.54, 1.807) is 12.3 Å². The molecule has 2 rings (SSSR count). The Kier molecular flexibility index (Phi) is 5.38. The highest BCUT2D eigenvalue weighted by Gasteiger charge is 2.30. The Bertz CT molecular complexity index is 472. The number of methoxy groups -OCH3 is 1. The van der Waals surface area contributed by atoms with Gasteiger partial charge in [0.05, 0.1) is 26.0 Å². The Morgan fingerprint density at radius 3 is 3.00 bits per heavy atom. The number of furan rings is 1. The van der Waals surface area contributed by atoms with Crippen molar-refractivity contribution in [3.8, 4) is 0 Å². The molecule has 2 heterocycles. The van der Waals surface area contributed by atoms with Crippen LogP contribution in [0.4, 0.5) is 0 Å². The maximum atomic E-state index is 12.1. The summed E-state index contributed by atoms with van der Waals surface area (Å²) >= 11 is 0. The van der Waals surface area contributed by atoms with E-state index in [-0.39, 0.29) is 30.5 Å². The molecule has 0 saturated carbocycles. The number of nitrogens with one attached hydrogen (secondary N) is 1. The van der Waals surface area contributed by atoms with E-state index in [0.29, 0.717) is 5.76 Å². The number of hydrogen-bond donors (Lipinski definition) is 1. The van der Waals surface area contributed by atoms with Gasteiger partial charge in [-0.05, 0) is 38.4 Å². The molecule has 21 heavy (non-hydrogen) atoms. The Morgan fingerprint density at radius 1 is 1.52 bits per heavy atom. The number of ether oxygens (including phenoxy) is 1. The summed E-state index contributed by atoms with van der Waals surface area (Å²) in [5.41, 5.74) is 0. The standard InChI is InChI=1S/C15H22N2O4/c1-11(13-7-5-9-21-13)16-14(18)10-17-8-4-3-6-12(17)15(19)20-2/h5,7,9,11-12H,3-4,6,8,10H2,1-2H3,(H,16,18). The van der Waals surface area contributed by atoms with Gasteiger partial charge in [0.25, 0.3) is 0 Å². The molecule has 1 aliphatic heterocycles. The molecule has 1 N–H and O–H groups in total. The second kappa shape index (κ2) is 7.26. The highest BCUT2D eigenvalue weighted by atomic mass is 16.5. The topological polar surface area (TPSA) is 71.8 Å². The highest BCUT2D eigenvalue weighted by Crippen LogP contribution is 2.18. The molecular formula is C15H22N2O4. The zero-order chi connectivity index (χ0) is 15.2. The van der Waals surface area contributed by atoms with Crippen LogP contribution in [0.5, 0.6) is 0 Å². The molecule has 1 aromatic rings. The van der Waals surface area contributed by atoms with E-state index in [1.807, 2.05) is 17.9 Å². The van der Waals surface area contributed by atoms with Crippen LogP contribution in [-0.4, -0.2) is 43.0 Å². The summed E-state index contributed by atoms with van der Waals surface area (Å²) in [5.74, 6) is 0.336. The van der Waals surface area contributed by atoms with Crippen LogP contribution < -0.4 is 5.32 Å². The molecule has 6 heteroatoms. The maximum Gasteiger partial charge on any atom is 0.323 e. The third-order valence-electron chi connectivity index (χ3n) is 3.78. The minimum Gasteiger partial charge on any atom is -0.468 e. The van der Waals surface area contributed by atoms with Gasteiger partial charge in [-0.15, -0.1) is 0 Å². The number of nitrogens with zero attached hydrogens (tertiary/aromatic N) is 1. The minimum atomic E-state index is -0.312. The van der Waals surface area contributed by atoms with Crippen LogP contribution >= 0.6 is 0 Å². The number of likely N-dealkylation sites (tertiary alicyclic amines) is 1. The normalized spacial score (nSPS) is 20.8. The molecule has 0 aliphatic carbocycles. The first-order valence-corrected chi connectivity index (χ1v) is 7.26. The van der Waals surface area contributed by atoms with E-state index in [4.69, 9.17) is 9.15 Å². The van der Waals surface area contributed by atoms with Crippen LogP contribution in [0.1, 0.15) is 38.0 Å². The molecule has 0 aromatic carbocycles. The smallest absolute Gasteiger partial charge is 0.323 e. The van der Waals surface area contributed by atoms with Crippen LogP contribution in [-0.2, 0) is 14.3 Å². The molecule has 0 bridgehead atoms. The molecule has 1 aliphatic rings.